The van der Waals surface area contributed by atoms with Gasteiger partial charge in [0.25, 0.3) is 0 Å². The molecule has 1 saturated heterocycles. The number of hydrogen-bond donors (Lipinski definition) is 1. The number of rotatable bonds is 2. The topological polar surface area (TPSA) is 34.2 Å². The minimum atomic E-state index is 0.354. The van der Waals surface area contributed by atoms with Gasteiger partial charge in [-0.2, -0.15) is 0 Å². The van der Waals surface area contributed by atoms with Gasteiger partial charge in [-0.3, -0.25) is 0 Å². The fraction of sp³-hybridized carbons (Fsp3) is 0.444. The van der Waals surface area contributed by atoms with Crippen LogP contribution in [0.3, 0.4) is 0 Å². The van der Waals surface area contributed by atoms with Gasteiger partial charge in [0.2, 0.25) is 0 Å². The molecular formula is C9H11ClN2O. The van der Waals surface area contributed by atoms with E-state index in [1.54, 1.807) is 6.20 Å². The molecule has 1 unspecified atom stereocenters. The average Bonchev–Trinajstić information content (AvgIpc) is 2.61. The third-order valence-electron chi connectivity index (χ3n) is 2.03. The van der Waals surface area contributed by atoms with Crippen molar-refractivity contribution in [3.63, 3.8) is 0 Å². The first-order chi connectivity index (χ1) is 6.36. The summed E-state index contributed by atoms with van der Waals surface area (Å²) in [6.45, 7) is 1.56. The fourth-order valence-electron chi connectivity index (χ4n) is 1.33. The Kier molecular flexibility index (Phi) is 2.66. The van der Waals surface area contributed by atoms with E-state index in [0.717, 1.165) is 25.5 Å². The first-order valence-electron chi connectivity index (χ1n) is 4.31. The van der Waals surface area contributed by atoms with E-state index in [-0.39, 0.29) is 0 Å². The third kappa shape index (κ3) is 2.11. The van der Waals surface area contributed by atoms with E-state index in [1.165, 1.54) is 0 Å². The van der Waals surface area contributed by atoms with Crippen LogP contribution in [-0.2, 0) is 4.74 Å². The average molecular weight is 199 g/mol. The Morgan fingerprint density at radius 2 is 2.54 bits per heavy atom. The molecule has 1 aliphatic rings. The molecule has 1 aromatic rings. The molecule has 4 heteroatoms. The molecule has 70 valence electrons. The highest BCUT2D eigenvalue weighted by atomic mass is 35.5. The predicted octanol–water partition coefficient (Wildman–Crippen LogP) is 1.94. The van der Waals surface area contributed by atoms with Gasteiger partial charge in [-0.1, -0.05) is 11.6 Å². The minimum absolute atomic E-state index is 0.354. The zero-order valence-electron chi connectivity index (χ0n) is 7.16. The van der Waals surface area contributed by atoms with Crippen molar-refractivity contribution in [2.45, 2.75) is 12.5 Å². The molecule has 0 radical (unpaired) electrons. The number of anilines is 1. The quantitative estimate of drug-likeness (QED) is 0.789. The van der Waals surface area contributed by atoms with Gasteiger partial charge >= 0.3 is 0 Å². The summed E-state index contributed by atoms with van der Waals surface area (Å²) in [6, 6.07) is 4.00. The Hall–Kier alpha value is -0.800. The van der Waals surface area contributed by atoms with Gasteiger partial charge in [-0.25, -0.2) is 4.98 Å². The number of aromatic nitrogens is 1. The summed E-state index contributed by atoms with van der Waals surface area (Å²) < 4.78 is 5.24. The van der Waals surface area contributed by atoms with Crippen molar-refractivity contribution < 1.29 is 4.74 Å². The third-order valence-corrected chi connectivity index (χ3v) is 2.33. The summed E-state index contributed by atoms with van der Waals surface area (Å²) >= 11 is 5.94. The Morgan fingerprint density at radius 1 is 1.62 bits per heavy atom. The molecule has 2 heterocycles. The van der Waals surface area contributed by atoms with Gasteiger partial charge in [0.1, 0.15) is 5.82 Å². The molecule has 2 rings (SSSR count). The number of nitrogens with zero attached hydrogens (tertiary/aromatic N) is 1. The Balaban J connectivity index is 2.04. The lowest BCUT2D eigenvalue weighted by Gasteiger charge is -2.11. The molecule has 1 N–H and O–H groups in total. The molecule has 0 spiro atoms. The van der Waals surface area contributed by atoms with Gasteiger partial charge in [0.15, 0.2) is 0 Å². The molecule has 1 fully saturated rings. The first-order valence-corrected chi connectivity index (χ1v) is 4.69. The molecule has 0 amide bonds. The monoisotopic (exact) mass is 198 g/mol. The van der Waals surface area contributed by atoms with Crippen LogP contribution >= 0.6 is 11.6 Å². The normalized spacial score (nSPS) is 21.8. The molecule has 3 nitrogen and oxygen atoms in total. The van der Waals surface area contributed by atoms with Crippen molar-refractivity contribution >= 4 is 17.4 Å². The van der Waals surface area contributed by atoms with Gasteiger partial charge in [0, 0.05) is 12.8 Å². The van der Waals surface area contributed by atoms with Crippen molar-refractivity contribution in [2.75, 3.05) is 18.5 Å². The van der Waals surface area contributed by atoms with E-state index >= 15 is 0 Å². The second-order valence-corrected chi connectivity index (χ2v) is 3.45. The maximum atomic E-state index is 5.94. The number of nitrogens with one attached hydrogen (secondary N) is 1. The Labute approximate surface area is 82.1 Å². The highest BCUT2D eigenvalue weighted by molar-refractivity contribution is 6.32. The van der Waals surface area contributed by atoms with Gasteiger partial charge in [-0.05, 0) is 18.6 Å². The molecule has 1 aliphatic heterocycles. The Bertz CT molecular complexity index is 287. The van der Waals surface area contributed by atoms with Crippen LogP contribution < -0.4 is 5.32 Å². The number of pyridine rings is 1. The highest BCUT2D eigenvalue weighted by Gasteiger charge is 2.16. The summed E-state index contributed by atoms with van der Waals surface area (Å²) in [5, 5.41) is 3.90. The van der Waals surface area contributed by atoms with E-state index in [1.807, 2.05) is 12.1 Å². The lowest BCUT2D eigenvalue weighted by Crippen LogP contribution is -2.19. The van der Waals surface area contributed by atoms with E-state index < -0.39 is 0 Å². The maximum absolute atomic E-state index is 5.94. The molecule has 1 aromatic heterocycles. The van der Waals surface area contributed by atoms with E-state index in [4.69, 9.17) is 16.3 Å². The van der Waals surface area contributed by atoms with Crippen molar-refractivity contribution in [3.05, 3.63) is 23.4 Å². The molecule has 1 atom stereocenters. The van der Waals surface area contributed by atoms with Crippen molar-refractivity contribution in [2.24, 2.45) is 0 Å². The zero-order valence-corrected chi connectivity index (χ0v) is 7.92. The molecule has 0 bridgehead atoms. The smallest absolute Gasteiger partial charge is 0.145 e. The van der Waals surface area contributed by atoms with Crippen LogP contribution in [0.5, 0.6) is 0 Å². The minimum Gasteiger partial charge on any atom is -0.379 e. The lowest BCUT2D eigenvalue weighted by molar-refractivity contribution is 0.195. The van der Waals surface area contributed by atoms with Crippen LogP contribution in [0.2, 0.25) is 5.02 Å². The highest BCUT2D eigenvalue weighted by Crippen LogP contribution is 2.20. The van der Waals surface area contributed by atoms with Crippen LogP contribution in [0.1, 0.15) is 6.42 Å². The predicted molar refractivity (Wildman–Crippen MR) is 52.1 cm³/mol. The summed E-state index contributed by atoms with van der Waals surface area (Å²) in [7, 11) is 0. The van der Waals surface area contributed by atoms with Crippen LogP contribution in [0.4, 0.5) is 5.82 Å². The SMILES string of the molecule is Clc1cccnc1NC1CCOC1. The lowest BCUT2D eigenvalue weighted by atomic mass is 10.2. The van der Waals surface area contributed by atoms with Crippen LogP contribution in [0.15, 0.2) is 18.3 Å². The van der Waals surface area contributed by atoms with Crippen molar-refractivity contribution in [1.82, 2.24) is 4.98 Å². The Morgan fingerprint density at radius 3 is 3.23 bits per heavy atom. The van der Waals surface area contributed by atoms with Gasteiger partial charge in [0.05, 0.1) is 17.7 Å². The van der Waals surface area contributed by atoms with Crippen LogP contribution in [-0.4, -0.2) is 24.2 Å². The summed E-state index contributed by atoms with van der Waals surface area (Å²) in [6.07, 6.45) is 2.75. The van der Waals surface area contributed by atoms with Gasteiger partial charge in [-0.15, -0.1) is 0 Å². The second-order valence-electron chi connectivity index (χ2n) is 3.04. The second kappa shape index (κ2) is 3.94. The van der Waals surface area contributed by atoms with E-state index in [9.17, 15) is 0 Å². The summed E-state index contributed by atoms with van der Waals surface area (Å²) in [5.41, 5.74) is 0. The zero-order chi connectivity index (χ0) is 9.10. The van der Waals surface area contributed by atoms with Crippen molar-refractivity contribution in [1.29, 1.82) is 0 Å². The molecule has 0 aliphatic carbocycles. The van der Waals surface area contributed by atoms with E-state index in [0.29, 0.717) is 11.1 Å². The molecule has 0 saturated carbocycles. The number of hydrogen-bond acceptors (Lipinski definition) is 3. The van der Waals surface area contributed by atoms with Crippen molar-refractivity contribution in [3.8, 4) is 0 Å². The standard InChI is InChI=1S/C9H11ClN2O/c10-8-2-1-4-11-9(8)12-7-3-5-13-6-7/h1-2,4,7H,3,5-6H2,(H,11,12). The fourth-order valence-corrected chi connectivity index (χ4v) is 1.51. The first kappa shape index (κ1) is 8.78. The van der Waals surface area contributed by atoms with Gasteiger partial charge < -0.3 is 10.1 Å². The number of ether oxygens (including phenoxy) is 1. The maximum Gasteiger partial charge on any atom is 0.145 e. The van der Waals surface area contributed by atoms with E-state index in [2.05, 4.69) is 10.3 Å². The molecular weight excluding hydrogens is 188 g/mol. The summed E-state index contributed by atoms with van der Waals surface area (Å²) in [4.78, 5) is 4.14. The molecule has 0 aromatic carbocycles. The largest absolute Gasteiger partial charge is 0.379 e. The summed E-state index contributed by atoms with van der Waals surface area (Å²) in [5.74, 6) is 0.750. The molecule has 13 heavy (non-hydrogen) atoms. The van der Waals surface area contributed by atoms with Crippen LogP contribution in [0.25, 0.3) is 0 Å². The van der Waals surface area contributed by atoms with Crippen LogP contribution in [0, 0.1) is 0 Å². The number of halogens is 1.